The Balaban J connectivity index is 0.00000341. The molecule has 3 N–H and O–H groups in total. The van der Waals surface area contributed by atoms with Crippen molar-refractivity contribution in [2.45, 2.75) is 12.6 Å². The van der Waals surface area contributed by atoms with E-state index in [2.05, 4.69) is 10.3 Å². The molecule has 1 aromatic heterocycles. The quantitative estimate of drug-likeness (QED) is 0.436. The third kappa shape index (κ3) is 6.27. The largest absolute Gasteiger partial charge is 0.493 e. The van der Waals surface area contributed by atoms with Crippen LogP contribution in [0, 0.1) is 0 Å². The number of hydrogen-bond donors (Lipinski definition) is 3. The van der Waals surface area contributed by atoms with Crippen molar-refractivity contribution in [3.05, 3.63) is 58.4 Å². The highest BCUT2D eigenvalue weighted by molar-refractivity contribution is 5.85. The standard InChI is InChI=1S/C22H26N2O6.ClH/c1-27-19-8-14(9-20(28-2)22(19)29-3)11-23-12-16(25)13-30-17-5-6-18-15(10-17)4-7-21(26)24-18;/h4-10,16,23,25H,11-13H2,1-3H3,(H,24,26);1H. The van der Waals surface area contributed by atoms with Crippen LogP contribution in [0.25, 0.3) is 10.9 Å². The first-order valence-corrected chi connectivity index (χ1v) is 9.47. The topological polar surface area (TPSA) is 102 Å². The SMILES string of the molecule is COc1cc(CNCC(O)COc2ccc3[nH]c(=O)ccc3c2)cc(OC)c1OC.Cl. The van der Waals surface area contributed by atoms with Gasteiger partial charge in [-0.1, -0.05) is 0 Å². The third-order valence-corrected chi connectivity index (χ3v) is 4.57. The fourth-order valence-electron chi connectivity index (χ4n) is 3.09. The number of aromatic nitrogens is 1. The van der Waals surface area contributed by atoms with Crippen LogP contribution < -0.4 is 29.8 Å². The molecular weight excluding hydrogens is 424 g/mol. The van der Waals surface area contributed by atoms with Gasteiger partial charge < -0.3 is 34.4 Å². The summed E-state index contributed by atoms with van der Waals surface area (Å²) >= 11 is 0. The molecule has 1 heterocycles. The summed E-state index contributed by atoms with van der Waals surface area (Å²) < 4.78 is 21.7. The number of benzene rings is 2. The van der Waals surface area contributed by atoms with Crippen LogP contribution >= 0.6 is 12.4 Å². The lowest BCUT2D eigenvalue weighted by Gasteiger charge is -2.16. The number of ether oxygens (including phenoxy) is 4. The Morgan fingerprint density at radius 3 is 2.35 bits per heavy atom. The van der Waals surface area contributed by atoms with Crippen LogP contribution in [0.3, 0.4) is 0 Å². The summed E-state index contributed by atoms with van der Waals surface area (Å²) in [6.45, 7) is 0.992. The van der Waals surface area contributed by atoms with E-state index in [1.807, 2.05) is 18.2 Å². The van der Waals surface area contributed by atoms with Crippen molar-refractivity contribution in [2.24, 2.45) is 0 Å². The van der Waals surface area contributed by atoms with E-state index in [1.165, 1.54) is 6.07 Å². The van der Waals surface area contributed by atoms with Gasteiger partial charge in [-0.25, -0.2) is 0 Å². The van der Waals surface area contributed by atoms with Gasteiger partial charge in [0, 0.05) is 30.1 Å². The van der Waals surface area contributed by atoms with Gasteiger partial charge in [0.15, 0.2) is 11.5 Å². The first-order chi connectivity index (χ1) is 14.5. The lowest BCUT2D eigenvalue weighted by atomic mass is 10.1. The summed E-state index contributed by atoms with van der Waals surface area (Å²) in [6, 6.07) is 12.3. The van der Waals surface area contributed by atoms with Crippen molar-refractivity contribution in [2.75, 3.05) is 34.5 Å². The summed E-state index contributed by atoms with van der Waals surface area (Å²) in [5.74, 6) is 2.32. The number of aliphatic hydroxyl groups excluding tert-OH is 1. The summed E-state index contributed by atoms with van der Waals surface area (Å²) in [5.41, 5.74) is 1.52. The fourth-order valence-corrected chi connectivity index (χ4v) is 3.09. The molecule has 0 saturated heterocycles. The summed E-state index contributed by atoms with van der Waals surface area (Å²) in [7, 11) is 4.70. The molecule has 1 unspecified atom stereocenters. The van der Waals surface area contributed by atoms with E-state index in [-0.39, 0.29) is 24.6 Å². The number of pyridine rings is 1. The van der Waals surface area contributed by atoms with Gasteiger partial charge >= 0.3 is 0 Å². The van der Waals surface area contributed by atoms with Crippen LogP contribution in [0.1, 0.15) is 5.56 Å². The molecule has 0 radical (unpaired) electrons. The van der Waals surface area contributed by atoms with Crippen LogP contribution in [-0.4, -0.2) is 50.7 Å². The Kier molecular flexibility index (Phi) is 8.99. The molecule has 0 spiro atoms. The van der Waals surface area contributed by atoms with Gasteiger partial charge in [-0.05, 0) is 42.0 Å². The molecule has 3 rings (SSSR count). The number of aliphatic hydroxyl groups is 1. The van der Waals surface area contributed by atoms with Crippen LogP contribution in [0.4, 0.5) is 0 Å². The first-order valence-electron chi connectivity index (χ1n) is 9.47. The van der Waals surface area contributed by atoms with E-state index in [0.717, 1.165) is 16.5 Å². The van der Waals surface area contributed by atoms with Crippen molar-refractivity contribution in [1.29, 1.82) is 0 Å². The summed E-state index contributed by atoms with van der Waals surface area (Å²) in [6.07, 6.45) is -0.696. The third-order valence-electron chi connectivity index (χ3n) is 4.57. The van der Waals surface area contributed by atoms with E-state index < -0.39 is 6.10 Å². The van der Waals surface area contributed by atoms with E-state index in [0.29, 0.717) is 36.1 Å². The number of nitrogens with one attached hydrogen (secondary N) is 2. The molecule has 0 aliphatic rings. The maximum Gasteiger partial charge on any atom is 0.248 e. The van der Waals surface area contributed by atoms with Crippen LogP contribution in [0.2, 0.25) is 0 Å². The number of rotatable bonds is 10. The maximum atomic E-state index is 11.3. The summed E-state index contributed by atoms with van der Waals surface area (Å²) in [4.78, 5) is 14.1. The van der Waals surface area contributed by atoms with E-state index in [1.54, 1.807) is 39.5 Å². The summed E-state index contributed by atoms with van der Waals surface area (Å²) in [5, 5.41) is 14.3. The highest BCUT2D eigenvalue weighted by Gasteiger charge is 2.13. The lowest BCUT2D eigenvalue weighted by molar-refractivity contribution is 0.106. The van der Waals surface area contributed by atoms with E-state index >= 15 is 0 Å². The molecule has 168 valence electrons. The molecule has 2 aromatic carbocycles. The van der Waals surface area contributed by atoms with Crippen LogP contribution in [0.15, 0.2) is 47.3 Å². The fraction of sp³-hybridized carbons (Fsp3) is 0.318. The van der Waals surface area contributed by atoms with E-state index in [9.17, 15) is 9.90 Å². The van der Waals surface area contributed by atoms with E-state index in [4.69, 9.17) is 18.9 Å². The van der Waals surface area contributed by atoms with Gasteiger partial charge in [0.2, 0.25) is 11.3 Å². The van der Waals surface area contributed by atoms with Crippen molar-refractivity contribution in [1.82, 2.24) is 10.3 Å². The van der Waals surface area contributed by atoms with Crippen molar-refractivity contribution in [3.8, 4) is 23.0 Å². The molecule has 9 heteroatoms. The van der Waals surface area contributed by atoms with Gasteiger partial charge in [0.05, 0.1) is 21.3 Å². The second-order valence-corrected chi connectivity index (χ2v) is 6.70. The van der Waals surface area contributed by atoms with Crippen LogP contribution in [-0.2, 0) is 6.54 Å². The molecule has 0 saturated carbocycles. The second kappa shape index (κ2) is 11.5. The monoisotopic (exact) mass is 450 g/mol. The predicted octanol–water partition coefficient (Wildman–Crippen LogP) is 2.51. The number of H-pyrrole nitrogens is 1. The number of methoxy groups -OCH3 is 3. The van der Waals surface area contributed by atoms with Gasteiger partial charge in [-0.3, -0.25) is 4.79 Å². The minimum absolute atomic E-state index is 0. The molecule has 8 nitrogen and oxygen atoms in total. The highest BCUT2D eigenvalue weighted by atomic mass is 35.5. The number of halogens is 1. The predicted molar refractivity (Wildman–Crippen MR) is 121 cm³/mol. The number of fused-ring (bicyclic) bond motifs is 1. The van der Waals surface area contributed by atoms with Gasteiger partial charge in [0.25, 0.3) is 0 Å². The number of hydrogen-bond acceptors (Lipinski definition) is 7. The molecular formula is C22H27ClN2O6. The zero-order valence-electron chi connectivity index (χ0n) is 17.6. The molecule has 0 fully saturated rings. The molecule has 0 aliphatic carbocycles. The maximum absolute atomic E-state index is 11.3. The first kappa shape index (κ1) is 24.3. The normalized spacial score (nSPS) is 11.5. The Labute approximate surface area is 186 Å². The molecule has 0 aliphatic heterocycles. The molecule has 31 heavy (non-hydrogen) atoms. The minimum Gasteiger partial charge on any atom is -0.493 e. The smallest absolute Gasteiger partial charge is 0.248 e. The molecule has 3 aromatic rings. The Morgan fingerprint density at radius 2 is 1.71 bits per heavy atom. The molecule has 1 atom stereocenters. The van der Waals surface area contributed by atoms with Gasteiger partial charge in [-0.2, -0.15) is 0 Å². The van der Waals surface area contributed by atoms with Gasteiger partial charge in [0.1, 0.15) is 18.5 Å². The Bertz CT molecular complexity index is 1030. The Hall–Kier alpha value is -2.94. The van der Waals surface area contributed by atoms with Crippen molar-refractivity contribution >= 4 is 23.3 Å². The molecule has 0 bridgehead atoms. The molecule has 0 amide bonds. The zero-order chi connectivity index (χ0) is 21.5. The average Bonchev–Trinajstić information content (AvgIpc) is 2.76. The van der Waals surface area contributed by atoms with Crippen LogP contribution in [0.5, 0.6) is 23.0 Å². The van der Waals surface area contributed by atoms with Gasteiger partial charge in [-0.15, -0.1) is 12.4 Å². The number of aromatic amines is 1. The average molecular weight is 451 g/mol. The highest BCUT2D eigenvalue weighted by Crippen LogP contribution is 2.38. The lowest BCUT2D eigenvalue weighted by Crippen LogP contribution is -2.31. The second-order valence-electron chi connectivity index (χ2n) is 6.70. The van der Waals surface area contributed by atoms with Crippen molar-refractivity contribution in [3.63, 3.8) is 0 Å². The zero-order valence-corrected chi connectivity index (χ0v) is 18.5. The Morgan fingerprint density at radius 1 is 1.00 bits per heavy atom. The minimum atomic E-state index is -0.696. The van der Waals surface area contributed by atoms with Crippen molar-refractivity contribution < 1.29 is 24.1 Å².